The van der Waals surface area contributed by atoms with E-state index in [1.54, 1.807) is 0 Å². The summed E-state index contributed by atoms with van der Waals surface area (Å²) in [6.07, 6.45) is 32.7. The van der Waals surface area contributed by atoms with Gasteiger partial charge in [0.15, 0.2) is 0 Å². The van der Waals surface area contributed by atoms with E-state index in [1.807, 2.05) is 0 Å². The molecule has 300 valence electrons. The van der Waals surface area contributed by atoms with Crippen molar-refractivity contribution < 1.29 is 28.6 Å². The number of rotatable bonds is 0. The van der Waals surface area contributed by atoms with E-state index in [-0.39, 0.29) is 17.9 Å². The second-order valence-electron chi connectivity index (χ2n) is 14.7. The molecule has 0 spiro atoms. The molecule has 3 N–H and O–H groups in total. The van der Waals surface area contributed by atoms with Crippen LogP contribution in [0.25, 0.3) is 0 Å². The van der Waals surface area contributed by atoms with Crippen molar-refractivity contribution in [2.24, 2.45) is 0 Å². The number of ether oxygens (including phenoxy) is 3. The van der Waals surface area contributed by atoms with Gasteiger partial charge >= 0.3 is 17.9 Å². The Bertz CT molecular complexity index is 630. The monoisotopic (exact) mass is 724 g/mol. The van der Waals surface area contributed by atoms with Gasteiger partial charge in [-0.1, -0.05) is 116 Å². The summed E-state index contributed by atoms with van der Waals surface area (Å²) in [5.41, 5.74) is 0. The largest absolute Gasteiger partial charge is 0.466 e. The molecule has 0 unspecified atom stereocenters. The van der Waals surface area contributed by atoms with Gasteiger partial charge in [-0.2, -0.15) is 0 Å². The first-order valence-corrected chi connectivity index (χ1v) is 21.8. The minimum Gasteiger partial charge on any atom is -0.466 e. The molecule has 0 amide bonds. The van der Waals surface area contributed by atoms with E-state index in [0.29, 0.717) is 39.1 Å². The molecule has 0 radical (unpaired) electrons. The van der Waals surface area contributed by atoms with Crippen LogP contribution in [0.2, 0.25) is 0 Å². The summed E-state index contributed by atoms with van der Waals surface area (Å²) in [6, 6.07) is 0. The van der Waals surface area contributed by atoms with Crippen molar-refractivity contribution in [2.75, 3.05) is 59.1 Å². The second-order valence-corrected chi connectivity index (χ2v) is 14.7. The Morgan fingerprint density at radius 2 is 0.451 bits per heavy atom. The van der Waals surface area contributed by atoms with E-state index in [9.17, 15) is 14.4 Å². The van der Waals surface area contributed by atoms with Crippen molar-refractivity contribution in [1.82, 2.24) is 16.0 Å². The summed E-state index contributed by atoms with van der Waals surface area (Å²) in [5.74, 6) is -0.150. The van der Waals surface area contributed by atoms with Crippen molar-refractivity contribution in [1.29, 1.82) is 0 Å². The number of carbonyl (C=O) groups is 3. The molecule has 0 aromatic rings. The molecule has 1 saturated heterocycles. The fraction of sp³-hybridized carbons (Fsp3) is 0.929. The maximum absolute atomic E-state index is 12.0. The van der Waals surface area contributed by atoms with Crippen molar-refractivity contribution in [3.8, 4) is 0 Å². The first-order valence-electron chi connectivity index (χ1n) is 21.8. The van der Waals surface area contributed by atoms with Crippen molar-refractivity contribution >= 4 is 17.9 Å². The normalized spacial score (nSPS) is 22.9. The minimum absolute atomic E-state index is 0.0499. The SMILES string of the molecule is O=C1CCCCCCCCCCNCCCOC(=O)CCCCCCCCCCNCCCOC(=O)CCCCCCCCCCNCCCO1. The van der Waals surface area contributed by atoms with Crippen LogP contribution in [-0.2, 0) is 28.6 Å². The van der Waals surface area contributed by atoms with Gasteiger partial charge in [0.05, 0.1) is 19.8 Å². The highest BCUT2D eigenvalue weighted by Gasteiger charge is 2.05. The minimum atomic E-state index is -0.0499. The van der Waals surface area contributed by atoms with Crippen LogP contribution in [0.15, 0.2) is 0 Å². The smallest absolute Gasteiger partial charge is 0.305 e. The topological polar surface area (TPSA) is 115 Å². The number of nitrogens with one attached hydrogen (secondary N) is 3. The molecule has 9 heteroatoms. The van der Waals surface area contributed by atoms with Crippen LogP contribution in [0.4, 0.5) is 0 Å². The Labute approximate surface area is 313 Å². The van der Waals surface area contributed by atoms with Gasteiger partial charge in [0.1, 0.15) is 0 Å². The zero-order valence-corrected chi connectivity index (χ0v) is 33.0. The Balaban J connectivity index is 2.12. The Hall–Kier alpha value is -1.71. The lowest BCUT2D eigenvalue weighted by atomic mass is 10.1. The maximum Gasteiger partial charge on any atom is 0.305 e. The van der Waals surface area contributed by atoms with Crippen LogP contribution in [-0.4, -0.2) is 77.0 Å². The van der Waals surface area contributed by atoms with E-state index in [4.69, 9.17) is 14.2 Å². The predicted octanol–water partition coefficient (Wildman–Crippen LogP) is 9.10. The summed E-state index contributed by atoms with van der Waals surface area (Å²) in [6.45, 7) is 7.35. The number of esters is 3. The van der Waals surface area contributed by atoms with Gasteiger partial charge in [0.2, 0.25) is 0 Å². The maximum atomic E-state index is 12.0. The third-order valence-corrected chi connectivity index (χ3v) is 9.74. The van der Waals surface area contributed by atoms with Gasteiger partial charge in [0.25, 0.3) is 0 Å². The zero-order chi connectivity index (χ0) is 36.6. The van der Waals surface area contributed by atoms with Crippen molar-refractivity contribution in [3.63, 3.8) is 0 Å². The first kappa shape index (κ1) is 47.3. The van der Waals surface area contributed by atoms with E-state index in [2.05, 4.69) is 16.0 Å². The van der Waals surface area contributed by atoms with Crippen LogP contribution in [0, 0.1) is 0 Å². The highest BCUT2D eigenvalue weighted by atomic mass is 16.5. The van der Waals surface area contributed by atoms with E-state index >= 15 is 0 Å². The van der Waals surface area contributed by atoms with E-state index in [1.165, 1.54) is 116 Å². The fourth-order valence-electron chi connectivity index (χ4n) is 6.48. The molecular weight excluding hydrogens is 642 g/mol. The van der Waals surface area contributed by atoms with Gasteiger partial charge in [0, 0.05) is 19.3 Å². The standard InChI is InChI=1S/C42H81N3O6/c46-40-28-19-13-7-1-4-10-16-22-31-43-34-25-38-50-41(47)29-20-14-8-3-6-12-18-24-33-45-36-27-39-51-42(48)30-21-15-9-2-5-11-17-23-32-44-35-26-37-49-40/h43-45H,1-39H2. The summed E-state index contributed by atoms with van der Waals surface area (Å²) >= 11 is 0. The molecule has 0 aromatic carbocycles. The molecule has 1 aliphatic rings. The number of hydrogen-bond donors (Lipinski definition) is 3. The average molecular weight is 724 g/mol. The lowest BCUT2D eigenvalue weighted by Gasteiger charge is -2.08. The second kappa shape index (κ2) is 39.5. The zero-order valence-electron chi connectivity index (χ0n) is 33.0. The summed E-state index contributed by atoms with van der Waals surface area (Å²) < 4.78 is 16.2. The Morgan fingerprint density at radius 3 is 0.706 bits per heavy atom. The van der Waals surface area contributed by atoms with Crippen LogP contribution in [0.5, 0.6) is 0 Å². The quantitative estimate of drug-likeness (QED) is 0.166. The van der Waals surface area contributed by atoms with Crippen molar-refractivity contribution in [2.45, 2.75) is 193 Å². The molecule has 0 atom stereocenters. The number of carbonyl (C=O) groups excluding carboxylic acids is 3. The summed E-state index contributed by atoms with van der Waals surface area (Å²) in [7, 11) is 0. The Morgan fingerprint density at radius 1 is 0.255 bits per heavy atom. The van der Waals surface area contributed by atoms with Crippen LogP contribution in [0.1, 0.15) is 193 Å². The molecular formula is C42H81N3O6. The summed E-state index contributed by atoms with van der Waals surface area (Å²) in [5, 5.41) is 10.4. The molecule has 1 fully saturated rings. The Kier molecular flexibility index (Phi) is 36.6. The predicted molar refractivity (Wildman–Crippen MR) is 210 cm³/mol. The molecule has 51 heavy (non-hydrogen) atoms. The summed E-state index contributed by atoms with van der Waals surface area (Å²) in [4.78, 5) is 36.0. The average Bonchev–Trinajstić information content (AvgIpc) is 3.12. The van der Waals surface area contributed by atoms with Gasteiger partial charge < -0.3 is 30.2 Å². The molecule has 0 aliphatic carbocycles. The molecule has 1 rings (SSSR count). The third-order valence-electron chi connectivity index (χ3n) is 9.74. The van der Waals surface area contributed by atoms with Crippen molar-refractivity contribution in [3.05, 3.63) is 0 Å². The number of cyclic esters (lactones) is 3. The molecule has 9 nitrogen and oxygen atoms in total. The molecule has 0 aromatic heterocycles. The van der Waals surface area contributed by atoms with Gasteiger partial charge in [-0.15, -0.1) is 0 Å². The fourth-order valence-corrected chi connectivity index (χ4v) is 6.48. The van der Waals surface area contributed by atoms with Gasteiger partial charge in [-0.05, 0) is 97.1 Å². The van der Waals surface area contributed by atoms with Gasteiger partial charge in [-0.25, -0.2) is 0 Å². The van der Waals surface area contributed by atoms with Crippen LogP contribution < -0.4 is 16.0 Å². The van der Waals surface area contributed by atoms with Crippen LogP contribution in [0.3, 0.4) is 0 Å². The lowest BCUT2D eigenvalue weighted by Crippen LogP contribution is -2.19. The highest BCUT2D eigenvalue weighted by Crippen LogP contribution is 2.12. The first-order chi connectivity index (χ1) is 25.2. The third kappa shape index (κ3) is 37.8. The molecule has 1 heterocycles. The van der Waals surface area contributed by atoms with Gasteiger partial charge in [-0.3, -0.25) is 14.4 Å². The molecule has 1 aliphatic heterocycles. The van der Waals surface area contributed by atoms with E-state index < -0.39 is 0 Å². The van der Waals surface area contributed by atoms with Crippen LogP contribution >= 0.6 is 0 Å². The molecule has 0 bridgehead atoms. The van der Waals surface area contributed by atoms with E-state index in [0.717, 1.165) is 97.1 Å². The lowest BCUT2D eigenvalue weighted by molar-refractivity contribution is -0.144. The highest BCUT2D eigenvalue weighted by molar-refractivity contribution is 5.69. The number of hydrogen-bond acceptors (Lipinski definition) is 9. The molecule has 0 saturated carbocycles.